The van der Waals surface area contributed by atoms with E-state index in [1.165, 1.54) is 0 Å². The number of hydrogen-bond donors (Lipinski definition) is 2. The van der Waals surface area contributed by atoms with Crippen molar-refractivity contribution in [2.45, 2.75) is 31.5 Å². The van der Waals surface area contributed by atoms with Crippen molar-refractivity contribution in [1.82, 2.24) is 10.4 Å². The largest absolute Gasteiger partial charge is 0.389 e. The standard InChI is InChI=1S/C12H14F3N3S/c13-12(14,15)4-1-2-9(18-16)8-6-11-10(17-7-8)3-5-19-11/h3,5-7,9,18H,1-2,4,16H2. The van der Waals surface area contributed by atoms with E-state index in [0.717, 1.165) is 15.8 Å². The van der Waals surface area contributed by atoms with Crippen molar-refractivity contribution in [2.24, 2.45) is 5.84 Å². The Labute approximate surface area is 112 Å². The van der Waals surface area contributed by atoms with Crippen LogP contribution in [0, 0.1) is 0 Å². The Hall–Kier alpha value is -1.18. The van der Waals surface area contributed by atoms with Crippen LogP contribution in [0.1, 0.15) is 30.9 Å². The molecule has 3 nitrogen and oxygen atoms in total. The predicted octanol–water partition coefficient (Wildman–Crippen LogP) is 3.53. The smallest absolute Gasteiger partial charge is 0.271 e. The van der Waals surface area contributed by atoms with Gasteiger partial charge in [0.15, 0.2) is 0 Å². The molecule has 1 unspecified atom stereocenters. The van der Waals surface area contributed by atoms with Crippen molar-refractivity contribution in [2.75, 3.05) is 0 Å². The Balaban J connectivity index is 2.04. The van der Waals surface area contributed by atoms with Crippen LogP contribution < -0.4 is 11.3 Å². The summed E-state index contributed by atoms with van der Waals surface area (Å²) in [5, 5.41) is 1.93. The third-order valence-electron chi connectivity index (χ3n) is 2.88. The zero-order valence-corrected chi connectivity index (χ0v) is 10.9. The highest BCUT2D eigenvalue weighted by Crippen LogP contribution is 2.28. The van der Waals surface area contributed by atoms with Crippen molar-refractivity contribution >= 4 is 21.6 Å². The molecule has 2 aromatic heterocycles. The number of hydrazine groups is 1. The Morgan fingerprint density at radius 1 is 1.42 bits per heavy atom. The van der Waals surface area contributed by atoms with Crippen molar-refractivity contribution in [1.29, 1.82) is 0 Å². The lowest BCUT2D eigenvalue weighted by atomic mass is 10.0. The summed E-state index contributed by atoms with van der Waals surface area (Å²) in [6.45, 7) is 0. The molecule has 0 fully saturated rings. The number of nitrogens with one attached hydrogen (secondary N) is 1. The molecule has 7 heteroatoms. The molecule has 104 valence electrons. The molecule has 0 saturated carbocycles. The van der Waals surface area contributed by atoms with E-state index in [1.54, 1.807) is 17.5 Å². The summed E-state index contributed by atoms with van der Waals surface area (Å²) in [5.74, 6) is 5.42. The molecule has 0 aliphatic rings. The monoisotopic (exact) mass is 289 g/mol. The van der Waals surface area contributed by atoms with Gasteiger partial charge in [0.25, 0.3) is 0 Å². The molecule has 0 saturated heterocycles. The van der Waals surface area contributed by atoms with E-state index in [-0.39, 0.29) is 12.5 Å². The Kier molecular flexibility index (Phi) is 4.38. The van der Waals surface area contributed by atoms with Crippen molar-refractivity contribution in [3.63, 3.8) is 0 Å². The van der Waals surface area contributed by atoms with Crippen LogP contribution in [-0.2, 0) is 0 Å². The molecular weight excluding hydrogens is 275 g/mol. The highest BCUT2D eigenvalue weighted by atomic mass is 32.1. The molecule has 19 heavy (non-hydrogen) atoms. The highest BCUT2D eigenvalue weighted by molar-refractivity contribution is 7.17. The van der Waals surface area contributed by atoms with Crippen LogP contribution in [0.4, 0.5) is 13.2 Å². The number of thiophene rings is 1. The van der Waals surface area contributed by atoms with Gasteiger partial charge in [0.05, 0.1) is 10.2 Å². The van der Waals surface area contributed by atoms with E-state index in [0.29, 0.717) is 6.42 Å². The molecular formula is C12H14F3N3S. The molecule has 0 aliphatic carbocycles. The quantitative estimate of drug-likeness (QED) is 0.654. The lowest BCUT2D eigenvalue weighted by molar-refractivity contribution is -0.135. The second kappa shape index (κ2) is 5.85. The molecule has 0 spiro atoms. The summed E-state index contributed by atoms with van der Waals surface area (Å²) in [7, 11) is 0. The number of pyridine rings is 1. The van der Waals surface area contributed by atoms with Crippen LogP contribution in [0.3, 0.4) is 0 Å². The Morgan fingerprint density at radius 2 is 2.21 bits per heavy atom. The third-order valence-corrected chi connectivity index (χ3v) is 3.73. The van der Waals surface area contributed by atoms with Gasteiger partial charge < -0.3 is 0 Å². The lowest BCUT2D eigenvalue weighted by Crippen LogP contribution is -2.28. The van der Waals surface area contributed by atoms with Gasteiger partial charge in [-0.15, -0.1) is 11.3 Å². The zero-order chi connectivity index (χ0) is 13.9. The molecule has 0 aliphatic heterocycles. The summed E-state index contributed by atoms with van der Waals surface area (Å²) in [4.78, 5) is 4.26. The Bertz CT molecular complexity index is 538. The molecule has 2 aromatic rings. The molecule has 0 radical (unpaired) electrons. The van der Waals surface area contributed by atoms with E-state index >= 15 is 0 Å². The van der Waals surface area contributed by atoms with Gasteiger partial charge in [-0.2, -0.15) is 13.2 Å². The SMILES string of the molecule is NNC(CCCC(F)(F)F)c1cnc2ccsc2c1. The van der Waals surface area contributed by atoms with E-state index in [9.17, 15) is 13.2 Å². The molecule has 1 atom stereocenters. The molecule has 2 heterocycles. The van der Waals surface area contributed by atoms with Gasteiger partial charge in [0.1, 0.15) is 0 Å². The maximum atomic E-state index is 12.1. The van der Waals surface area contributed by atoms with Crippen LogP contribution >= 0.6 is 11.3 Å². The second-order valence-corrected chi connectivity index (χ2v) is 5.25. The van der Waals surface area contributed by atoms with Crippen LogP contribution in [0.25, 0.3) is 10.2 Å². The maximum Gasteiger partial charge on any atom is 0.389 e. The fraction of sp³-hybridized carbons (Fsp3) is 0.417. The maximum absolute atomic E-state index is 12.1. The molecule has 0 aromatic carbocycles. The van der Waals surface area contributed by atoms with E-state index in [1.807, 2.05) is 17.5 Å². The minimum atomic E-state index is -4.12. The topological polar surface area (TPSA) is 50.9 Å². The summed E-state index contributed by atoms with van der Waals surface area (Å²) in [5.41, 5.74) is 4.27. The number of hydrogen-bond acceptors (Lipinski definition) is 4. The van der Waals surface area contributed by atoms with Gasteiger partial charge >= 0.3 is 6.18 Å². The highest BCUT2D eigenvalue weighted by Gasteiger charge is 2.26. The van der Waals surface area contributed by atoms with Crippen LogP contribution in [0.5, 0.6) is 0 Å². The van der Waals surface area contributed by atoms with Crippen LogP contribution in [0.2, 0.25) is 0 Å². The minimum Gasteiger partial charge on any atom is -0.271 e. The zero-order valence-electron chi connectivity index (χ0n) is 10.1. The average Bonchev–Trinajstić information content (AvgIpc) is 2.80. The van der Waals surface area contributed by atoms with Crippen LogP contribution in [0.15, 0.2) is 23.7 Å². The molecule has 2 rings (SSSR count). The van der Waals surface area contributed by atoms with Gasteiger partial charge in [0, 0.05) is 18.7 Å². The summed E-state index contributed by atoms with van der Waals surface area (Å²) < 4.78 is 37.4. The first-order valence-electron chi connectivity index (χ1n) is 5.85. The number of rotatable bonds is 5. The van der Waals surface area contributed by atoms with Gasteiger partial charge in [-0.05, 0) is 35.9 Å². The molecule has 3 N–H and O–H groups in total. The van der Waals surface area contributed by atoms with Gasteiger partial charge in [-0.1, -0.05) is 0 Å². The fourth-order valence-electron chi connectivity index (χ4n) is 1.91. The number of halogens is 3. The number of aromatic nitrogens is 1. The summed E-state index contributed by atoms with van der Waals surface area (Å²) in [6, 6.07) is 3.52. The first kappa shape index (κ1) is 14.2. The third kappa shape index (κ3) is 3.89. The molecule has 0 amide bonds. The second-order valence-electron chi connectivity index (χ2n) is 4.30. The van der Waals surface area contributed by atoms with Crippen molar-refractivity contribution < 1.29 is 13.2 Å². The van der Waals surface area contributed by atoms with E-state index < -0.39 is 12.6 Å². The van der Waals surface area contributed by atoms with Gasteiger partial charge in [0.2, 0.25) is 0 Å². The molecule has 0 bridgehead atoms. The first-order chi connectivity index (χ1) is 8.99. The normalized spacial score (nSPS) is 13.9. The fourth-order valence-corrected chi connectivity index (χ4v) is 2.69. The van der Waals surface area contributed by atoms with Crippen molar-refractivity contribution in [3.05, 3.63) is 29.3 Å². The number of nitrogens with zero attached hydrogens (tertiary/aromatic N) is 1. The lowest BCUT2D eigenvalue weighted by Gasteiger charge is -2.16. The number of fused-ring (bicyclic) bond motifs is 1. The summed E-state index contributed by atoms with van der Waals surface area (Å²) >= 11 is 1.55. The minimum absolute atomic E-state index is 0.0425. The van der Waals surface area contributed by atoms with Gasteiger partial charge in [-0.25, -0.2) is 0 Å². The predicted molar refractivity (Wildman–Crippen MR) is 69.6 cm³/mol. The number of nitrogens with two attached hydrogens (primary N) is 1. The van der Waals surface area contributed by atoms with E-state index in [2.05, 4.69) is 10.4 Å². The van der Waals surface area contributed by atoms with Crippen molar-refractivity contribution in [3.8, 4) is 0 Å². The summed E-state index contributed by atoms with van der Waals surface area (Å²) in [6.07, 6.45) is -2.88. The van der Waals surface area contributed by atoms with Crippen LogP contribution in [-0.4, -0.2) is 11.2 Å². The number of alkyl halides is 3. The van der Waals surface area contributed by atoms with Gasteiger partial charge in [-0.3, -0.25) is 16.3 Å². The average molecular weight is 289 g/mol. The van der Waals surface area contributed by atoms with E-state index in [4.69, 9.17) is 5.84 Å². The Morgan fingerprint density at radius 3 is 2.89 bits per heavy atom. The first-order valence-corrected chi connectivity index (χ1v) is 6.73.